The number of aromatic hydroxyl groups is 1. The lowest BCUT2D eigenvalue weighted by Gasteiger charge is -2.50. The molecule has 8 N–H and O–H groups in total. The van der Waals surface area contributed by atoms with Gasteiger partial charge in [0.25, 0.3) is 5.91 Å². The van der Waals surface area contributed by atoms with Crippen molar-refractivity contribution in [2.75, 3.05) is 32.6 Å². The molecule has 4 rings (SSSR count). The number of hydrogen-bond donors (Lipinski definition) is 7. The second-order valence-electron chi connectivity index (χ2n) is 11.6. The van der Waals surface area contributed by atoms with Gasteiger partial charge in [-0.2, -0.15) is 8.42 Å². The average Bonchev–Trinajstić information content (AvgIpc) is 2.84. The molecule has 0 aromatic heterocycles. The summed E-state index contributed by atoms with van der Waals surface area (Å²) in [5, 5.41) is 56.6. The number of hydrogen-bond acceptors (Lipinski definition) is 13. The summed E-state index contributed by atoms with van der Waals surface area (Å²) in [5.41, 5.74) is 1.02. The number of likely N-dealkylation sites (N-methyl/N-ethyl adjacent to an activating group) is 1. The van der Waals surface area contributed by atoms with Crippen molar-refractivity contribution in [3.05, 3.63) is 44.2 Å². The average molecular weight is 643 g/mol. The number of aliphatic hydroxyl groups is 3. The molecular weight excluding hydrogens is 608 g/mol. The van der Waals surface area contributed by atoms with Gasteiger partial charge in [0, 0.05) is 36.8 Å². The summed E-state index contributed by atoms with van der Waals surface area (Å²) in [7, 11) is 0.0840. The maximum Gasteiger partial charge on any atom is 0.394 e. The van der Waals surface area contributed by atoms with Gasteiger partial charge in [0.05, 0.1) is 16.5 Å². The van der Waals surface area contributed by atoms with E-state index in [0.29, 0.717) is 17.8 Å². The molecule has 44 heavy (non-hydrogen) atoms. The van der Waals surface area contributed by atoms with E-state index in [1.807, 2.05) is 13.8 Å². The first-order valence-corrected chi connectivity index (χ1v) is 14.5. The van der Waals surface area contributed by atoms with Crippen LogP contribution in [0.4, 0.5) is 11.4 Å². The fraction of sp³-hybridized carbons (Fsp3) is 0.500. The number of amides is 1. The van der Waals surface area contributed by atoms with E-state index in [1.165, 1.54) is 25.1 Å². The van der Waals surface area contributed by atoms with Crippen LogP contribution in [0.1, 0.15) is 31.4 Å². The number of carbonyl (C=O) groups is 3. The van der Waals surface area contributed by atoms with Crippen molar-refractivity contribution in [3.8, 4) is 5.75 Å². The monoisotopic (exact) mass is 642 g/mol. The maximum absolute atomic E-state index is 13.9. The van der Waals surface area contributed by atoms with Gasteiger partial charge in [-0.05, 0) is 44.3 Å². The first-order chi connectivity index (χ1) is 20.0. The molecule has 3 aliphatic rings. The summed E-state index contributed by atoms with van der Waals surface area (Å²) in [6.07, 6.45) is -0.0330. The number of aliphatic hydroxyl groups excluding tert-OH is 2. The minimum absolute atomic E-state index is 0.0395. The van der Waals surface area contributed by atoms with Crippen molar-refractivity contribution >= 4 is 45.0 Å². The van der Waals surface area contributed by atoms with E-state index < -0.39 is 84.8 Å². The molecule has 3 aliphatic carbocycles. The fourth-order valence-electron chi connectivity index (χ4n) is 6.40. The minimum Gasteiger partial charge on any atom is -0.508 e. The van der Waals surface area contributed by atoms with Crippen LogP contribution in [0.15, 0.2) is 23.0 Å². The Bertz CT molecular complexity index is 1610. The molecule has 4 atom stereocenters. The van der Waals surface area contributed by atoms with Crippen LogP contribution in [0.5, 0.6) is 5.75 Å². The van der Waals surface area contributed by atoms with Crippen LogP contribution >= 0.6 is 0 Å². The topological polar surface area (TPSA) is 282 Å². The number of nitro groups is 1. The van der Waals surface area contributed by atoms with Crippen molar-refractivity contribution in [1.29, 1.82) is 0 Å². The van der Waals surface area contributed by atoms with Gasteiger partial charge in [-0.1, -0.05) is 13.8 Å². The molecule has 0 heterocycles. The highest BCUT2D eigenvalue weighted by molar-refractivity contribution is 7.79. The lowest BCUT2D eigenvalue weighted by Crippen LogP contribution is -2.65. The van der Waals surface area contributed by atoms with Gasteiger partial charge in [0.2, 0.25) is 11.5 Å². The molecule has 2 unspecified atom stereocenters. The van der Waals surface area contributed by atoms with Crippen molar-refractivity contribution in [2.24, 2.45) is 23.5 Å². The van der Waals surface area contributed by atoms with Gasteiger partial charge in [0.1, 0.15) is 17.1 Å². The summed E-state index contributed by atoms with van der Waals surface area (Å²) < 4.78 is 31.6. The second kappa shape index (κ2) is 11.8. The number of nitrogens with zero attached hydrogens (tertiary/aromatic N) is 3. The first kappa shape index (κ1) is 34.4. The van der Waals surface area contributed by atoms with Crippen molar-refractivity contribution in [2.45, 2.75) is 38.3 Å². The third-order valence-electron chi connectivity index (χ3n) is 7.92. The smallest absolute Gasteiger partial charge is 0.394 e. The molecule has 0 bridgehead atoms. The predicted molar refractivity (Wildman–Crippen MR) is 153 cm³/mol. The molecule has 1 aromatic rings. The van der Waals surface area contributed by atoms with Crippen molar-refractivity contribution in [1.82, 2.24) is 4.90 Å². The van der Waals surface area contributed by atoms with Gasteiger partial charge < -0.3 is 31.1 Å². The highest BCUT2D eigenvalue weighted by Gasteiger charge is 2.64. The van der Waals surface area contributed by atoms with E-state index in [4.69, 9.17) is 23.3 Å². The third kappa shape index (κ3) is 5.85. The number of rotatable bonds is 6. The zero-order valence-corrected chi connectivity index (χ0v) is 25.2. The molecule has 0 saturated heterocycles. The molecule has 1 fully saturated rings. The molecular formula is C26H34N4O13S. The number of phenols is 1. The van der Waals surface area contributed by atoms with Gasteiger partial charge in [-0.3, -0.25) is 38.5 Å². The number of ketones is 2. The summed E-state index contributed by atoms with van der Waals surface area (Å²) in [4.78, 5) is 53.3. The van der Waals surface area contributed by atoms with Crippen LogP contribution in [0.2, 0.25) is 0 Å². The SMILES string of the molecule is CC(C)CN(C)c1cc([N+](=O)[O-])c(O)c2c1CC1CC3[C@H](N(C)C)C(=O)C(C(N)=O)=C(O)[C@@]3(O)C(=O)C1=C2O.O=S(=O)(O)O. The Labute approximate surface area is 251 Å². The van der Waals surface area contributed by atoms with Crippen molar-refractivity contribution in [3.63, 3.8) is 0 Å². The maximum atomic E-state index is 13.9. The molecule has 0 radical (unpaired) electrons. The van der Waals surface area contributed by atoms with Crippen LogP contribution in [0.3, 0.4) is 0 Å². The Morgan fingerprint density at radius 3 is 2.18 bits per heavy atom. The van der Waals surface area contributed by atoms with E-state index in [-0.39, 0.29) is 29.9 Å². The van der Waals surface area contributed by atoms with Gasteiger partial charge >= 0.3 is 16.1 Å². The second-order valence-corrected chi connectivity index (χ2v) is 12.5. The van der Waals surface area contributed by atoms with Gasteiger partial charge in [-0.25, -0.2) is 0 Å². The third-order valence-corrected chi connectivity index (χ3v) is 7.92. The quantitative estimate of drug-likeness (QED) is 0.0951. The number of carbonyl (C=O) groups excluding carboxylic acids is 3. The summed E-state index contributed by atoms with van der Waals surface area (Å²) in [6.45, 7) is 4.40. The Morgan fingerprint density at radius 1 is 1.18 bits per heavy atom. The van der Waals surface area contributed by atoms with E-state index in [2.05, 4.69) is 0 Å². The molecule has 1 aromatic carbocycles. The number of nitro benzene ring substituents is 1. The van der Waals surface area contributed by atoms with Crippen LogP contribution in [-0.4, -0.2) is 105 Å². The number of anilines is 1. The van der Waals surface area contributed by atoms with Gasteiger partial charge in [0.15, 0.2) is 11.4 Å². The van der Waals surface area contributed by atoms with Crippen LogP contribution in [0, 0.1) is 27.9 Å². The lowest BCUT2D eigenvalue weighted by atomic mass is 9.57. The number of nitrogens with two attached hydrogens (primary N) is 1. The Morgan fingerprint density at radius 2 is 1.73 bits per heavy atom. The predicted octanol–water partition coefficient (Wildman–Crippen LogP) is 0.312. The Hall–Kier alpha value is -4.10. The largest absolute Gasteiger partial charge is 0.508 e. The normalized spacial score (nSPS) is 24.8. The van der Waals surface area contributed by atoms with Crippen LogP contribution in [-0.2, 0) is 31.2 Å². The molecule has 0 aliphatic heterocycles. The van der Waals surface area contributed by atoms with Crippen molar-refractivity contribution < 1.29 is 57.3 Å². The zero-order chi connectivity index (χ0) is 33.8. The highest BCUT2D eigenvalue weighted by Crippen LogP contribution is 2.54. The van der Waals surface area contributed by atoms with E-state index >= 15 is 0 Å². The number of fused-ring (bicyclic) bond motifs is 3. The Balaban J connectivity index is 0.000000978. The van der Waals surface area contributed by atoms with E-state index in [1.54, 1.807) is 11.9 Å². The number of benzene rings is 1. The summed E-state index contributed by atoms with van der Waals surface area (Å²) in [6, 6.07) is 0.0202. The lowest BCUT2D eigenvalue weighted by molar-refractivity contribution is -0.385. The summed E-state index contributed by atoms with van der Waals surface area (Å²) in [5.74, 6) is -7.98. The van der Waals surface area contributed by atoms with Crippen LogP contribution < -0.4 is 10.6 Å². The van der Waals surface area contributed by atoms with Crippen LogP contribution in [0.25, 0.3) is 5.76 Å². The molecule has 17 nitrogen and oxygen atoms in total. The fourth-order valence-corrected chi connectivity index (χ4v) is 6.40. The molecule has 242 valence electrons. The zero-order valence-electron chi connectivity index (χ0n) is 24.4. The Kier molecular flexibility index (Phi) is 9.20. The number of Topliss-reactive ketones (excluding diaryl/α,β-unsaturated/α-hetero) is 2. The standard InChI is InChI=1S/C26H32N4O9.H2O4S/c1-10(2)9-29(5)14-8-15(30(38)39)20(31)17-12(14)6-11-7-13-19(28(3)4)22(33)18(25(27)36)24(35)26(13,37)23(34)16(11)21(17)32;1-5(2,3)4/h8,10-11,13,19,31-32,35,37H,6-7,9H2,1-5H3,(H2,27,36);(H2,1,2,3,4)/t11?,13?,19-,26-;/m0./s1. The first-order valence-electron chi connectivity index (χ1n) is 13.1. The molecule has 1 amide bonds. The number of phenolic OH excluding ortho intramolecular Hbond substituents is 1. The molecule has 18 heteroatoms. The van der Waals surface area contributed by atoms with E-state index in [0.717, 1.165) is 0 Å². The van der Waals surface area contributed by atoms with Gasteiger partial charge in [-0.15, -0.1) is 0 Å². The summed E-state index contributed by atoms with van der Waals surface area (Å²) >= 11 is 0. The number of primary amides is 1. The molecule has 1 saturated carbocycles. The van der Waals surface area contributed by atoms with E-state index in [9.17, 15) is 44.9 Å². The highest BCUT2D eigenvalue weighted by atomic mass is 32.3. The minimum atomic E-state index is -4.67. The molecule has 0 spiro atoms.